The molecule has 1 unspecified atom stereocenters. The minimum atomic E-state index is -3.51. The average molecular weight is 272 g/mol. The van der Waals surface area contributed by atoms with Crippen molar-refractivity contribution in [3.8, 4) is 0 Å². The Labute approximate surface area is 108 Å². The zero-order valence-electron chi connectivity index (χ0n) is 10.9. The van der Waals surface area contributed by atoms with Gasteiger partial charge in [-0.05, 0) is 32.5 Å². The smallest absolute Gasteiger partial charge is 0.242 e. The molecule has 0 radical (unpaired) electrons. The van der Waals surface area contributed by atoms with Crippen LogP contribution < -0.4 is 10.0 Å². The summed E-state index contributed by atoms with van der Waals surface area (Å²) in [6.45, 7) is 3.70. The third-order valence-corrected chi connectivity index (χ3v) is 4.48. The quantitative estimate of drug-likeness (QED) is 0.726. The number of hydrogen-bond donors (Lipinski definition) is 3. The fourth-order valence-electron chi connectivity index (χ4n) is 1.48. The van der Waals surface area contributed by atoms with Crippen molar-refractivity contribution in [2.45, 2.75) is 30.7 Å². The number of aliphatic hydroxyl groups is 1. The van der Waals surface area contributed by atoms with Crippen molar-refractivity contribution < 1.29 is 13.5 Å². The van der Waals surface area contributed by atoms with Gasteiger partial charge in [0.2, 0.25) is 10.0 Å². The monoisotopic (exact) mass is 272 g/mol. The lowest BCUT2D eigenvalue weighted by atomic mass is 10.00. The molecule has 1 aromatic carbocycles. The van der Waals surface area contributed by atoms with Gasteiger partial charge in [-0.25, -0.2) is 13.1 Å². The molecule has 18 heavy (non-hydrogen) atoms. The van der Waals surface area contributed by atoms with Crippen LogP contribution in [0.15, 0.2) is 29.2 Å². The molecule has 6 heteroatoms. The van der Waals surface area contributed by atoms with E-state index in [1.165, 1.54) is 13.1 Å². The maximum atomic E-state index is 11.9. The summed E-state index contributed by atoms with van der Waals surface area (Å²) in [5, 5.41) is 12.5. The van der Waals surface area contributed by atoms with Crippen molar-refractivity contribution in [2.75, 3.05) is 19.0 Å². The van der Waals surface area contributed by atoms with Crippen molar-refractivity contribution in [1.82, 2.24) is 4.72 Å². The van der Waals surface area contributed by atoms with Gasteiger partial charge < -0.3 is 10.4 Å². The van der Waals surface area contributed by atoms with Crippen LogP contribution in [0.4, 0.5) is 5.69 Å². The van der Waals surface area contributed by atoms with E-state index in [2.05, 4.69) is 10.0 Å². The number of para-hydroxylation sites is 1. The topological polar surface area (TPSA) is 78.4 Å². The van der Waals surface area contributed by atoms with Gasteiger partial charge in [-0.2, -0.15) is 0 Å². The highest BCUT2D eigenvalue weighted by Crippen LogP contribution is 2.25. The van der Waals surface area contributed by atoms with Gasteiger partial charge in [0, 0.05) is 0 Å². The molecule has 3 N–H and O–H groups in total. The van der Waals surface area contributed by atoms with Crippen LogP contribution in [0.25, 0.3) is 0 Å². The van der Waals surface area contributed by atoms with Gasteiger partial charge in [0.05, 0.1) is 17.8 Å². The Kier molecular flexibility index (Phi) is 4.72. The first kappa shape index (κ1) is 14.9. The number of benzene rings is 1. The summed E-state index contributed by atoms with van der Waals surface area (Å²) < 4.78 is 26.0. The van der Waals surface area contributed by atoms with E-state index in [9.17, 15) is 13.5 Å². The van der Waals surface area contributed by atoms with Crippen molar-refractivity contribution in [1.29, 1.82) is 0 Å². The van der Waals surface area contributed by atoms with Gasteiger partial charge in [0.25, 0.3) is 0 Å². The molecule has 1 aromatic rings. The summed E-state index contributed by atoms with van der Waals surface area (Å²) in [5.74, 6) is 0. The Morgan fingerprint density at radius 1 is 1.33 bits per heavy atom. The summed E-state index contributed by atoms with van der Waals surface area (Å²) in [6.07, 6.45) is 0.678. The largest absolute Gasteiger partial charge is 0.394 e. The van der Waals surface area contributed by atoms with E-state index < -0.39 is 15.6 Å². The van der Waals surface area contributed by atoms with Crippen molar-refractivity contribution >= 4 is 15.7 Å². The second-order valence-corrected chi connectivity index (χ2v) is 6.26. The van der Waals surface area contributed by atoms with Crippen LogP contribution in [-0.2, 0) is 10.0 Å². The zero-order chi connectivity index (χ0) is 13.8. The van der Waals surface area contributed by atoms with Gasteiger partial charge in [-0.15, -0.1) is 0 Å². The number of anilines is 1. The van der Waals surface area contributed by atoms with Gasteiger partial charge in [-0.1, -0.05) is 19.1 Å². The van der Waals surface area contributed by atoms with Gasteiger partial charge in [0.15, 0.2) is 0 Å². The third-order valence-electron chi connectivity index (χ3n) is 3.01. The van der Waals surface area contributed by atoms with E-state index in [1.54, 1.807) is 18.2 Å². The molecule has 0 spiro atoms. The van der Waals surface area contributed by atoms with Crippen molar-refractivity contribution in [2.24, 2.45) is 0 Å². The van der Waals surface area contributed by atoms with Crippen molar-refractivity contribution in [3.63, 3.8) is 0 Å². The van der Waals surface area contributed by atoms with Crippen LogP contribution in [0.2, 0.25) is 0 Å². The molecule has 0 aliphatic rings. The number of sulfonamides is 1. The molecule has 1 atom stereocenters. The molecule has 0 bridgehead atoms. The molecule has 0 aromatic heterocycles. The molecular weight excluding hydrogens is 252 g/mol. The molecule has 0 heterocycles. The van der Waals surface area contributed by atoms with Crippen LogP contribution in [0.3, 0.4) is 0 Å². The highest BCUT2D eigenvalue weighted by Gasteiger charge is 2.24. The second-order valence-electron chi connectivity index (χ2n) is 4.40. The predicted molar refractivity (Wildman–Crippen MR) is 72.1 cm³/mol. The van der Waals surface area contributed by atoms with Crippen LogP contribution in [-0.4, -0.2) is 32.7 Å². The summed E-state index contributed by atoms with van der Waals surface area (Å²) in [4.78, 5) is 0.181. The van der Waals surface area contributed by atoms with E-state index >= 15 is 0 Å². The molecule has 0 fully saturated rings. The van der Waals surface area contributed by atoms with Gasteiger partial charge >= 0.3 is 0 Å². The van der Waals surface area contributed by atoms with Crippen LogP contribution >= 0.6 is 0 Å². The zero-order valence-corrected chi connectivity index (χ0v) is 11.7. The maximum Gasteiger partial charge on any atom is 0.242 e. The molecule has 0 saturated heterocycles. The van der Waals surface area contributed by atoms with E-state index in [1.807, 2.05) is 13.8 Å². The lowest BCUT2D eigenvalue weighted by molar-refractivity contribution is 0.218. The lowest BCUT2D eigenvalue weighted by Gasteiger charge is -2.29. The molecule has 5 nitrogen and oxygen atoms in total. The van der Waals surface area contributed by atoms with E-state index in [0.29, 0.717) is 12.1 Å². The van der Waals surface area contributed by atoms with E-state index in [4.69, 9.17) is 0 Å². The van der Waals surface area contributed by atoms with E-state index in [-0.39, 0.29) is 11.5 Å². The highest BCUT2D eigenvalue weighted by molar-refractivity contribution is 7.89. The number of aliphatic hydroxyl groups excluding tert-OH is 1. The molecular formula is C12H20N2O3S. The third kappa shape index (κ3) is 3.22. The summed E-state index contributed by atoms with van der Waals surface area (Å²) in [6, 6.07) is 6.64. The Bertz CT molecular complexity index is 496. The number of hydrogen-bond acceptors (Lipinski definition) is 4. The van der Waals surface area contributed by atoms with Gasteiger partial charge in [0.1, 0.15) is 4.90 Å². The van der Waals surface area contributed by atoms with Crippen LogP contribution in [0.5, 0.6) is 0 Å². The molecule has 1 rings (SSSR count). The van der Waals surface area contributed by atoms with Crippen LogP contribution in [0.1, 0.15) is 20.3 Å². The summed E-state index contributed by atoms with van der Waals surface area (Å²) >= 11 is 0. The normalized spacial score (nSPS) is 15.1. The SMILES string of the molecule is CCC(C)(CO)Nc1ccccc1S(=O)(=O)NC. The maximum absolute atomic E-state index is 11.9. The molecule has 0 aliphatic carbocycles. The average Bonchev–Trinajstić information content (AvgIpc) is 2.39. The Morgan fingerprint density at radius 3 is 2.44 bits per heavy atom. The summed E-state index contributed by atoms with van der Waals surface area (Å²) in [5.41, 5.74) is -0.0513. The van der Waals surface area contributed by atoms with Crippen LogP contribution in [0, 0.1) is 0 Å². The minimum Gasteiger partial charge on any atom is -0.394 e. The first-order chi connectivity index (χ1) is 8.38. The van der Waals surface area contributed by atoms with E-state index in [0.717, 1.165) is 0 Å². The molecule has 0 saturated carbocycles. The Morgan fingerprint density at radius 2 is 1.94 bits per heavy atom. The Hall–Kier alpha value is -1.11. The fourth-order valence-corrected chi connectivity index (χ4v) is 2.37. The molecule has 0 aliphatic heterocycles. The number of nitrogens with one attached hydrogen (secondary N) is 2. The fraction of sp³-hybridized carbons (Fsp3) is 0.500. The van der Waals surface area contributed by atoms with Gasteiger partial charge in [-0.3, -0.25) is 0 Å². The number of rotatable bonds is 6. The Balaban J connectivity index is 3.19. The standard InChI is InChI=1S/C12H20N2O3S/c1-4-12(2,9-15)14-10-7-5-6-8-11(10)18(16,17)13-3/h5-8,13-15H,4,9H2,1-3H3. The second kappa shape index (κ2) is 5.69. The molecule has 102 valence electrons. The minimum absolute atomic E-state index is 0.0720. The first-order valence-corrected chi connectivity index (χ1v) is 7.28. The lowest BCUT2D eigenvalue weighted by Crippen LogP contribution is -2.38. The summed E-state index contributed by atoms with van der Waals surface area (Å²) in [7, 11) is -2.14. The first-order valence-electron chi connectivity index (χ1n) is 5.80. The highest BCUT2D eigenvalue weighted by atomic mass is 32.2. The predicted octanol–water partition coefficient (Wildman–Crippen LogP) is 1.17. The molecule has 0 amide bonds. The van der Waals surface area contributed by atoms with Crippen molar-refractivity contribution in [3.05, 3.63) is 24.3 Å².